The second kappa shape index (κ2) is 19.1. The van der Waals surface area contributed by atoms with E-state index < -0.39 is 23.1 Å². The molecular formula is C50H44N6O4. The number of nitrogens with one attached hydrogen (secondary N) is 3. The van der Waals surface area contributed by atoms with E-state index in [0.29, 0.717) is 11.5 Å². The fourth-order valence-corrected chi connectivity index (χ4v) is 7.63. The van der Waals surface area contributed by atoms with E-state index >= 15 is 0 Å². The molecule has 298 valence electrons. The van der Waals surface area contributed by atoms with E-state index in [4.69, 9.17) is 14.9 Å². The molecule has 0 aliphatic carbocycles. The first kappa shape index (κ1) is 40.5. The maximum Gasteiger partial charge on any atom is 0.404 e. The van der Waals surface area contributed by atoms with Gasteiger partial charge in [0.05, 0.1) is 25.4 Å². The predicted molar refractivity (Wildman–Crippen MR) is 233 cm³/mol. The molecule has 4 N–H and O–H groups in total. The molecule has 1 aromatic heterocycles. The van der Waals surface area contributed by atoms with Crippen LogP contribution >= 0.6 is 0 Å². The Balaban J connectivity index is 1.34. The van der Waals surface area contributed by atoms with Crippen LogP contribution in [0.25, 0.3) is 0 Å². The molecule has 0 bridgehead atoms. The highest BCUT2D eigenvalue weighted by molar-refractivity contribution is 6.05. The van der Waals surface area contributed by atoms with Crippen LogP contribution in [0.5, 0.6) is 0 Å². The van der Waals surface area contributed by atoms with E-state index in [-0.39, 0.29) is 31.7 Å². The predicted octanol–water partition coefficient (Wildman–Crippen LogP) is 9.34. The van der Waals surface area contributed by atoms with Gasteiger partial charge in [-0.2, -0.15) is 10.4 Å². The maximum atomic E-state index is 13.9. The highest BCUT2D eigenvalue weighted by Gasteiger charge is 2.40. The summed E-state index contributed by atoms with van der Waals surface area (Å²) < 4.78 is 8.96. The van der Waals surface area contributed by atoms with Crippen molar-refractivity contribution in [3.8, 4) is 6.07 Å². The Hall–Kier alpha value is -7.74. The van der Waals surface area contributed by atoms with Gasteiger partial charge in [0, 0.05) is 18.2 Å². The van der Waals surface area contributed by atoms with Gasteiger partial charge in [-0.25, -0.2) is 9.48 Å². The summed E-state index contributed by atoms with van der Waals surface area (Å²) in [6.07, 6.45) is 1.48. The summed E-state index contributed by atoms with van der Waals surface area (Å²) in [6.45, 7) is 0.394. The third kappa shape index (κ3) is 8.72. The SMILES string of the molecule is N#C/C=C(\CCNC(=O)O)C(=O)Nc1cnn(CCOC(c2ccccc2)(c2ccccc2)c2ccccc2)c1NC(c1ccccc1)(c1ccccc1)c1ccccc1. The van der Waals surface area contributed by atoms with Gasteiger partial charge in [0.15, 0.2) is 0 Å². The summed E-state index contributed by atoms with van der Waals surface area (Å²) in [6, 6.07) is 62.6. The number of ether oxygens (including phenoxy) is 1. The molecule has 6 aromatic carbocycles. The van der Waals surface area contributed by atoms with Crippen molar-refractivity contribution < 1.29 is 19.4 Å². The van der Waals surface area contributed by atoms with Crippen LogP contribution in [-0.2, 0) is 27.2 Å². The van der Waals surface area contributed by atoms with Crippen LogP contribution in [0.3, 0.4) is 0 Å². The second-order valence-corrected chi connectivity index (χ2v) is 14.0. The zero-order chi connectivity index (χ0) is 41.6. The number of amides is 2. The minimum Gasteiger partial charge on any atom is -0.465 e. The molecule has 0 aliphatic rings. The molecular weight excluding hydrogens is 749 g/mol. The third-order valence-corrected chi connectivity index (χ3v) is 10.4. The number of rotatable bonds is 17. The number of allylic oxidation sites excluding steroid dienone is 1. The monoisotopic (exact) mass is 792 g/mol. The minimum absolute atomic E-state index is 0.00104. The van der Waals surface area contributed by atoms with Crippen LogP contribution < -0.4 is 16.0 Å². The fourth-order valence-electron chi connectivity index (χ4n) is 7.63. The summed E-state index contributed by atoms with van der Waals surface area (Å²) in [7, 11) is 0. The molecule has 7 rings (SSSR count). The lowest BCUT2D eigenvalue weighted by Gasteiger charge is -2.38. The van der Waals surface area contributed by atoms with Crippen LogP contribution in [0.1, 0.15) is 39.8 Å². The number of hydrogen-bond acceptors (Lipinski definition) is 6. The lowest BCUT2D eigenvalue weighted by molar-refractivity contribution is -0.113. The van der Waals surface area contributed by atoms with E-state index in [2.05, 4.69) is 88.7 Å². The van der Waals surface area contributed by atoms with Gasteiger partial charge in [0.1, 0.15) is 22.6 Å². The number of nitriles is 1. The van der Waals surface area contributed by atoms with Crippen LogP contribution in [-0.4, -0.2) is 40.0 Å². The first-order chi connectivity index (χ1) is 29.5. The Morgan fingerprint density at radius 2 is 1.08 bits per heavy atom. The molecule has 0 spiro atoms. The van der Waals surface area contributed by atoms with Gasteiger partial charge in [-0.1, -0.05) is 182 Å². The average Bonchev–Trinajstić information content (AvgIpc) is 3.67. The number of carboxylic acid groups (broad SMARTS) is 1. The molecule has 10 heteroatoms. The Kier molecular flexibility index (Phi) is 12.9. The standard InChI is InChI=1S/C50H44N6O4/c51-33-31-38(32-34-52-48(58)59)47(57)54-45-37-53-56(35-36-60-50(42-25-13-4-14-26-42,43-27-15-5-16-28-43)44-29-17-6-18-30-44)46(45)55-49(39-19-7-1-8-20-39,40-21-9-2-10-22-40)41-23-11-3-12-24-41/h1-31,37,52,55H,32,34-36H2,(H,54,57)(H,58,59)/b38-31+. The molecule has 1 heterocycles. The number of hydrogen-bond donors (Lipinski definition) is 4. The quantitative estimate of drug-likeness (QED) is 0.0409. The maximum absolute atomic E-state index is 13.9. The highest BCUT2D eigenvalue weighted by Crippen LogP contribution is 2.43. The van der Waals surface area contributed by atoms with Gasteiger partial charge in [0.2, 0.25) is 0 Å². The van der Waals surface area contributed by atoms with Crippen LogP contribution in [0.15, 0.2) is 200 Å². The van der Waals surface area contributed by atoms with Crippen molar-refractivity contribution in [2.24, 2.45) is 0 Å². The summed E-state index contributed by atoms with van der Waals surface area (Å²) >= 11 is 0. The van der Waals surface area contributed by atoms with Crippen molar-refractivity contribution in [1.82, 2.24) is 15.1 Å². The smallest absolute Gasteiger partial charge is 0.404 e. The van der Waals surface area contributed by atoms with Crippen LogP contribution in [0.2, 0.25) is 0 Å². The number of carbonyl (C=O) groups excluding carboxylic acids is 1. The number of benzene rings is 6. The molecule has 0 saturated heterocycles. The van der Waals surface area contributed by atoms with Crippen molar-refractivity contribution >= 4 is 23.5 Å². The van der Waals surface area contributed by atoms with Crippen molar-refractivity contribution in [2.75, 3.05) is 23.8 Å². The first-order valence-electron chi connectivity index (χ1n) is 19.6. The molecule has 0 radical (unpaired) electrons. The molecule has 10 nitrogen and oxygen atoms in total. The lowest BCUT2D eigenvalue weighted by atomic mass is 9.77. The lowest BCUT2D eigenvalue weighted by Crippen LogP contribution is -2.39. The number of nitrogens with zero attached hydrogens (tertiary/aromatic N) is 3. The summed E-state index contributed by atoms with van der Waals surface area (Å²) in [5.41, 5.74) is 4.15. The third-order valence-electron chi connectivity index (χ3n) is 10.4. The second-order valence-electron chi connectivity index (χ2n) is 14.0. The Labute approximate surface area is 349 Å². The molecule has 7 aromatic rings. The van der Waals surface area contributed by atoms with E-state index in [1.54, 1.807) is 10.9 Å². The minimum atomic E-state index is -1.23. The van der Waals surface area contributed by atoms with Crippen molar-refractivity contribution in [3.05, 3.63) is 233 Å². The largest absolute Gasteiger partial charge is 0.465 e. The Morgan fingerprint density at radius 3 is 1.48 bits per heavy atom. The topological polar surface area (TPSA) is 141 Å². The van der Waals surface area contributed by atoms with E-state index in [9.17, 15) is 14.9 Å². The summed E-state index contributed by atoms with van der Waals surface area (Å²) in [4.78, 5) is 25.1. The number of aromatic nitrogens is 2. The molecule has 0 saturated carbocycles. The number of carbonyl (C=O) groups is 2. The summed E-state index contributed by atoms with van der Waals surface area (Å²) in [5, 5.41) is 32.7. The highest BCUT2D eigenvalue weighted by atomic mass is 16.5. The van der Waals surface area contributed by atoms with E-state index in [0.717, 1.165) is 39.5 Å². The fraction of sp³-hybridized carbons (Fsp3) is 0.120. The van der Waals surface area contributed by atoms with Gasteiger partial charge < -0.3 is 25.8 Å². The molecule has 0 aliphatic heterocycles. The van der Waals surface area contributed by atoms with Gasteiger partial charge in [-0.05, 0) is 39.8 Å². The van der Waals surface area contributed by atoms with E-state index in [1.807, 2.05) is 115 Å². The zero-order valence-electron chi connectivity index (χ0n) is 32.8. The van der Waals surface area contributed by atoms with Gasteiger partial charge in [-0.3, -0.25) is 4.79 Å². The Morgan fingerprint density at radius 1 is 0.667 bits per heavy atom. The van der Waals surface area contributed by atoms with Gasteiger partial charge >= 0.3 is 6.09 Å². The van der Waals surface area contributed by atoms with Crippen LogP contribution in [0.4, 0.5) is 16.3 Å². The van der Waals surface area contributed by atoms with Crippen molar-refractivity contribution in [3.63, 3.8) is 0 Å². The molecule has 0 unspecified atom stereocenters. The first-order valence-corrected chi connectivity index (χ1v) is 19.6. The van der Waals surface area contributed by atoms with Crippen molar-refractivity contribution in [2.45, 2.75) is 24.1 Å². The molecule has 0 fully saturated rings. The average molecular weight is 793 g/mol. The van der Waals surface area contributed by atoms with Gasteiger partial charge in [-0.15, -0.1) is 0 Å². The van der Waals surface area contributed by atoms with Crippen molar-refractivity contribution in [1.29, 1.82) is 5.26 Å². The molecule has 60 heavy (non-hydrogen) atoms. The van der Waals surface area contributed by atoms with E-state index in [1.165, 1.54) is 0 Å². The molecule has 2 amide bonds. The van der Waals surface area contributed by atoms with Crippen LogP contribution in [0, 0.1) is 11.3 Å². The molecule has 0 atom stereocenters. The zero-order valence-corrected chi connectivity index (χ0v) is 32.8. The normalized spacial score (nSPS) is 11.6. The Bertz CT molecular complexity index is 2350. The summed E-state index contributed by atoms with van der Waals surface area (Å²) in [5.74, 6) is -0.0863. The van der Waals surface area contributed by atoms with Gasteiger partial charge in [0.25, 0.3) is 5.91 Å². The number of anilines is 2.